The summed E-state index contributed by atoms with van der Waals surface area (Å²) in [5, 5.41) is 6.20. The number of hydrogen-bond acceptors (Lipinski definition) is 4. The fourth-order valence-corrected chi connectivity index (χ4v) is 0.705. The van der Waals surface area contributed by atoms with E-state index in [1.807, 2.05) is 0 Å². The van der Waals surface area contributed by atoms with Gasteiger partial charge in [0.15, 0.2) is 0 Å². The molecule has 0 aliphatic heterocycles. The molecular formula is C6H7N3O2. The van der Waals surface area contributed by atoms with E-state index in [9.17, 15) is 9.70 Å². The summed E-state index contributed by atoms with van der Waals surface area (Å²) in [5.74, 6) is 0. The van der Waals surface area contributed by atoms with Gasteiger partial charge >= 0.3 is 0 Å². The summed E-state index contributed by atoms with van der Waals surface area (Å²) in [6.45, 7) is 3.12. The topological polar surface area (TPSA) is 64.3 Å². The average Bonchev–Trinajstić information content (AvgIpc) is 1.97. The van der Waals surface area contributed by atoms with Crippen molar-refractivity contribution in [2.45, 2.75) is 13.8 Å². The van der Waals surface area contributed by atoms with Gasteiger partial charge in [-0.2, -0.15) is 0 Å². The number of aromatic nitrogens is 2. The highest BCUT2D eigenvalue weighted by molar-refractivity contribution is 5.05. The quantitative estimate of drug-likeness (QED) is 0.548. The Morgan fingerprint density at radius 3 is 2.73 bits per heavy atom. The molecule has 0 fully saturated rings. The summed E-state index contributed by atoms with van der Waals surface area (Å²) in [5.41, 5.74) is 0.535. The van der Waals surface area contributed by atoms with E-state index in [1.165, 1.54) is 13.0 Å². The van der Waals surface area contributed by atoms with Gasteiger partial charge in [-0.05, 0) is 13.8 Å². The highest BCUT2D eigenvalue weighted by Crippen LogP contribution is 1.91. The average molecular weight is 153 g/mol. The zero-order valence-electron chi connectivity index (χ0n) is 6.24. The predicted molar refractivity (Wildman–Crippen MR) is 39.2 cm³/mol. The van der Waals surface area contributed by atoms with Crippen LogP contribution in [-0.4, -0.2) is 9.89 Å². The van der Waals surface area contributed by atoms with Crippen LogP contribution in [0.2, 0.25) is 0 Å². The molecule has 0 saturated heterocycles. The highest BCUT2D eigenvalue weighted by Gasteiger charge is 1.99. The van der Waals surface area contributed by atoms with Crippen LogP contribution in [0.4, 0.5) is 0 Å². The van der Waals surface area contributed by atoms with Gasteiger partial charge < -0.3 is 0 Å². The molecule has 0 N–H and O–H groups in total. The van der Waals surface area contributed by atoms with Gasteiger partial charge in [-0.3, -0.25) is 4.79 Å². The normalized spacial score (nSPS) is 9.64. The fourth-order valence-electron chi connectivity index (χ4n) is 0.705. The van der Waals surface area contributed by atoms with Gasteiger partial charge in [0.1, 0.15) is 5.69 Å². The predicted octanol–water partition coefficient (Wildman–Crippen LogP) is 0.390. The van der Waals surface area contributed by atoms with Gasteiger partial charge in [0.2, 0.25) is 5.43 Å². The van der Waals surface area contributed by atoms with E-state index in [-0.39, 0.29) is 11.1 Å². The van der Waals surface area contributed by atoms with Gasteiger partial charge in [-0.1, -0.05) is 0 Å². The zero-order chi connectivity index (χ0) is 8.43. The monoisotopic (exact) mass is 153 g/mol. The summed E-state index contributed by atoms with van der Waals surface area (Å²) < 4.78 is 0. The summed E-state index contributed by atoms with van der Waals surface area (Å²) in [4.78, 5) is 21.8. The first kappa shape index (κ1) is 7.59. The van der Waals surface area contributed by atoms with Gasteiger partial charge in [-0.25, -0.2) is 0 Å². The van der Waals surface area contributed by atoms with E-state index in [2.05, 4.69) is 10.4 Å². The molecule has 1 rings (SSSR count). The molecule has 5 heteroatoms. The van der Waals surface area contributed by atoms with Crippen molar-refractivity contribution in [1.82, 2.24) is 9.89 Å². The van der Waals surface area contributed by atoms with E-state index in [4.69, 9.17) is 0 Å². The first-order valence-corrected chi connectivity index (χ1v) is 3.06. The Balaban J connectivity index is 3.43. The molecular weight excluding hydrogens is 146 g/mol. The van der Waals surface area contributed by atoms with Crippen LogP contribution in [0.15, 0.2) is 16.1 Å². The Bertz CT molecular complexity index is 342. The standard InChI is InChI=1S/C6H7N3O2/c1-4-3-6(10)5(2)7-9(4)8-11/h3H,1-2H3. The van der Waals surface area contributed by atoms with Gasteiger partial charge in [0, 0.05) is 6.07 Å². The molecule has 0 unspecified atom stereocenters. The molecule has 0 radical (unpaired) electrons. The molecule has 0 aliphatic carbocycles. The molecule has 0 aromatic carbocycles. The van der Waals surface area contributed by atoms with Crippen LogP contribution in [0.5, 0.6) is 0 Å². The van der Waals surface area contributed by atoms with E-state index < -0.39 is 0 Å². The molecule has 0 aliphatic rings. The summed E-state index contributed by atoms with van der Waals surface area (Å²) in [6.07, 6.45) is 0. The third-order valence-electron chi connectivity index (χ3n) is 1.33. The number of nitrogens with zero attached hydrogens (tertiary/aromatic N) is 3. The van der Waals surface area contributed by atoms with Crippen molar-refractivity contribution in [1.29, 1.82) is 0 Å². The van der Waals surface area contributed by atoms with Crippen LogP contribution in [0.3, 0.4) is 0 Å². The van der Waals surface area contributed by atoms with Gasteiger partial charge in [-0.15, -0.1) is 14.8 Å². The van der Waals surface area contributed by atoms with Crippen molar-refractivity contribution in [3.8, 4) is 0 Å². The summed E-state index contributed by atoms with van der Waals surface area (Å²) in [6, 6.07) is 1.32. The lowest BCUT2D eigenvalue weighted by Crippen LogP contribution is -2.14. The highest BCUT2D eigenvalue weighted by atomic mass is 16.3. The van der Waals surface area contributed by atoms with Crippen molar-refractivity contribution in [3.63, 3.8) is 0 Å². The Hall–Kier alpha value is -1.52. The lowest BCUT2D eigenvalue weighted by atomic mass is 10.3. The SMILES string of the molecule is Cc1nn(N=O)c(C)cc1=O. The van der Waals surface area contributed by atoms with Crippen molar-refractivity contribution in [2.24, 2.45) is 5.29 Å². The summed E-state index contributed by atoms with van der Waals surface area (Å²) in [7, 11) is 0. The Kier molecular flexibility index (Phi) is 1.80. The fraction of sp³-hybridized carbons (Fsp3) is 0.333. The molecule has 1 aromatic heterocycles. The third-order valence-corrected chi connectivity index (χ3v) is 1.33. The first-order chi connectivity index (χ1) is 5.15. The van der Waals surface area contributed by atoms with Crippen LogP contribution in [0.25, 0.3) is 0 Å². The van der Waals surface area contributed by atoms with E-state index in [0.29, 0.717) is 5.69 Å². The van der Waals surface area contributed by atoms with E-state index in [0.717, 1.165) is 4.79 Å². The molecule has 1 heterocycles. The lowest BCUT2D eigenvalue weighted by molar-refractivity contribution is 0.662. The Labute approximate surface area is 62.6 Å². The second-order valence-corrected chi connectivity index (χ2v) is 2.21. The zero-order valence-corrected chi connectivity index (χ0v) is 6.24. The lowest BCUT2D eigenvalue weighted by Gasteiger charge is -1.97. The minimum Gasteiger partial charge on any atom is -0.288 e. The molecule has 1 aromatic rings. The molecule has 0 amide bonds. The number of aryl methyl sites for hydroxylation is 2. The van der Waals surface area contributed by atoms with Crippen molar-refractivity contribution >= 4 is 0 Å². The second kappa shape index (κ2) is 2.61. The molecule has 0 saturated carbocycles. The molecule has 0 spiro atoms. The van der Waals surface area contributed by atoms with Crippen LogP contribution in [-0.2, 0) is 0 Å². The second-order valence-electron chi connectivity index (χ2n) is 2.21. The third kappa shape index (κ3) is 1.31. The van der Waals surface area contributed by atoms with Crippen LogP contribution < -0.4 is 5.43 Å². The number of nitroso groups, excluding NO2 is 1. The molecule has 5 nitrogen and oxygen atoms in total. The maximum atomic E-state index is 10.9. The molecule has 0 atom stereocenters. The molecule has 0 bridgehead atoms. The number of hydrogen-bond donors (Lipinski definition) is 0. The van der Waals surface area contributed by atoms with Crippen molar-refractivity contribution < 1.29 is 0 Å². The summed E-state index contributed by atoms with van der Waals surface area (Å²) >= 11 is 0. The maximum absolute atomic E-state index is 10.9. The Morgan fingerprint density at radius 1 is 1.55 bits per heavy atom. The molecule has 11 heavy (non-hydrogen) atoms. The molecule has 58 valence electrons. The van der Waals surface area contributed by atoms with E-state index >= 15 is 0 Å². The number of rotatable bonds is 1. The van der Waals surface area contributed by atoms with Gasteiger partial charge in [0.05, 0.1) is 11.0 Å². The van der Waals surface area contributed by atoms with Crippen LogP contribution in [0.1, 0.15) is 11.4 Å². The first-order valence-electron chi connectivity index (χ1n) is 3.06. The van der Waals surface area contributed by atoms with Crippen LogP contribution in [0, 0.1) is 18.8 Å². The minimum absolute atomic E-state index is 0.178. The van der Waals surface area contributed by atoms with E-state index in [1.54, 1.807) is 6.92 Å². The largest absolute Gasteiger partial charge is 0.288 e. The van der Waals surface area contributed by atoms with Gasteiger partial charge in [0.25, 0.3) is 0 Å². The smallest absolute Gasteiger partial charge is 0.203 e. The van der Waals surface area contributed by atoms with Crippen LogP contribution >= 0.6 is 0 Å². The maximum Gasteiger partial charge on any atom is 0.203 e. The van der Waals surface area contributed by atoms with Crippen molar-refractivity contribution in [3.05, 3.63) is 32.6 Å². The Morgan fingerprint density at radius 2 is 2.18 bits per heavy atom. The minimum atomic E-state index is -0.178. The van der Waals surface area contributed by atoms with Crippen molar-refractivity contribution in [2.75, 3.05) is 0 Å².